The van der Waals surface area contributed by atoms with Crippen molar-refractivity contribution >= 4 is 17.0 Å². The van der Waals surface area contributed by atoms with E-state index in [-0.39, 0.29) is 23.3 Å². The smallest absolute Gasteiger partial charge is 0.229 e. The molecule has 4 rings (SSSR count). The number of hydrogen-bond donors (Lipinski definition) is 3. The van der Waals surface area contributed by atoms with Crippen LogP contribution in [0.25, 0.3) is 28.1 Å². The van der Waals surface area contributed by atoms with E-state index in [2.05, 4.69) is 38.9 Å². The Morgan fingerprint density at radius 2 is 1.90 bits per heavy atom. The molecule has 0 radical (unpaired) electrons. The summed E-state index contributed by atoms with van der Waals surface area (Å²) in [6.45, 7) is 4.19. The van der Waals surface area contributed by atoms with Crippen molar-refractivity contribution in [3.05, 3.63) is 36.7 Å². The molecule has 0 bridgehead atoms. The van der Waals surface area contributed by atoms with Gasteiger partial charge in [-0.1, -0.05) is 6.07 Å². The van der Waals surface area contributed by atoms with E-state index in [1.807, 2.05) is 24.5 Å². The Morgan fingerprint density at radius 3 is 2.59 bits per heavy atom. The number of methoxy groups -OCH3 is 1. The number of anilines is 1. The van der Waals surface area contributed by atoms with Crippen LogP contribution in [0.5, 0.6) is 17.2 Å². The van der Waals surface area contributed by atoms with Crippen molar-refractivity contribution in [2.75, 3.05) is 19.5 Å². The standard InChI is InChI=1S/C20H22N6O3/c1-11(2)25-10-22-18-13(25)6-5-7-14(18)26-19(23-24-20(26)21-3)12-8-17(29-4)16(28)9-15(12)27/h5-11,27-28H,1-4H3,(H,21,24). The maximum absolute atomic E-state index is 10.5. The molecule has 0 fully saturated rings. The molecule has 0 spiro atoms. The van der Waals surface area contributed by atoms with E-state index in [4.69, 9.17) is 4.74 Å². The number of imidazole rings is 1. The van der Waals surface area contributed by atoms with Crippen LogP contribution < -0.4 is 10.1 Å². The number of para-hydroxylation sites is 1. The van der Waals surface area contributed by atoms with Crippen molar-refractivity contribution < 1.29 is 14.9 Å². The van der Waals surface area contributed by atoms with Gasteiger partial charge in [0.1, 0.15) is 11.3 Å². The van der Waals surface area contributed by atoms with E-state index < -0.39 is 0 Å². The molecule has 29 heavy (non-hydrogen) atoms. The van der Waals surface area contributed by atoms with Gasteiger partial charge >= 0.3 is 0 Å². The zero-order valence-electron chi connectivity index (χ0n) is 16.6. The van der Waals surface area contributed by atoms with Gasteiger partial charge in [0.15, 0.2) is 17.3 Å². The summed E-state index contributed by atoms with van der Waals surface area (Å²) < 4.78 is 9.06. The highest BCUT2D eigenvalue weighted by Gasteiger charge is 2.22. The summed E-state index contributed by atoms with van der Waals surface area (Å²) in [5.74, 6) is 0.793. The third-order valence-corrected chi connectivity index (χ3v) is 4.80. The molecule has 0 unspecified atom stereocenters. The predicted molar refractivity (Wildman–Crippen MR) is 110 cm³/mol. The van der Waals surface area contributed by atoms with Crippen molar-refractivity contribution in [3.63, 3.8) is 0 Å². The van der Waals surface area contributed by atoms with E-state index in [9.17, 15) is 10.2 Å². The average molecular weight is 394 g/mol. The van der Waals surface area contributed by atoms with E-state index in [1.165, 1.54) is 19.2 Å². The number of phenolic OH excluding ortho intramolecular Hbond substituents is 2. The van der Waals surface area contributed by atoms with Crippen LogP contribution >= 0.6 is 0 Å². The van der Waals surface area contributed by atoms with Gasteiger partial charge in [0.05, 0.1) is 30.2 Å². The molecule has 0 aliphatic carbocycles. The minimum atomic E-state index is -0.161. The molecule has 0 saturated carbocycles. The zero-order chi connectivity index (χ0) is 20.7. The van der Waals surface area contributed by atoms with Crippen LogP contribution in [0.3, 0.4) is 0 Å². The summed E-state index contributed by atoms with van der Waals surface area (Å²) in [5, 5.41) is 31.9. The van der Waals surface area contributed by atoms with Crippen molar-refractivity contribution in [2.45, 2.75) is 19.9 Å². The first-order valence-corrected chi connectivity index (χ1v) is 9.15. The molecule has 2 aromatic heterocycles. The lowest BCUT2D eigenvalue weighted by Crippen LogP contribution is -2.05. The van der Waals surface area contributed by atoms with Crippen LogP contribution in [-0.4, -0.2) is 48.7 Å². The van der Waals surface area contributed by atoms with Gasteiger partial charge in [-0.15, -0.1) is 10.2 Å². The Labute approximate surface area is 167 Å². The van der Waals surface area contributed by atoms with Gasteiger partial charge in [-0.3, -0.25) is 4.57 Å². The van der Waals surface area contributed by atoms with E-state index in [1.54, 1.807) is 11.6 Å². The second-order valence-electron chi connectivity index (χ2n) is 6.86. The van der Waals surface area contributed by atoms with Gasteiger partial charge in [0, 0.05) is 19.2 Å². The molecule has 2 heterocycles. The van der Waals surface area contributed by atoms with Crippen LogP contribution in [0, 0.1) is 0 Å². The molecule has 0 aliphatic heterocycles. The molecule has 0 atom stereocenters. The third kappa shape index (κ3) is 2.91. The molecule has 9 heteroatoms. The van der Waals surface area contributed by atoms with Crippen molar-refractivity contribution in [2.24, 2.45) is 0 Å². The summed E-state index contributed by atoms with van der Waals surface area (Å²) in [6.07, 6.45) is 1.81. The van der Waals surface area contributed by atoms with Gasteiger partial charge in [-0.25, -0.2) is 4.98 Å². The summed E-state index contributed by atoms with van der Waals surface area (Å²) >= 11 is 0. The summed E-state index contributed by atoms with van der Waals surface area (Å²) in [6, 6.07) is 8.87. The molecule has 4 aromatic rings. The van der Waals surface area contributed by atoms with Crippen molar-refractivity contribution in [1.82, 2.24) is 24.3 Å². The quantitative estimate of drug-likeness (QED) is 0.476. The highest BCUT2D eigenvalue weighted by atomic mass is 16.5. The topological polar surface area (TPSA) is 110 Å². The molecule has 0 aliphatic rings. The molecule has 150 valence electrons. The maximum Gasteiger partial charge on any atom is 0.229 e. The fourth-order valence-electron chi connectivity index (χ4n) is 3.38. The minimum absolute atomic E-state index is 0.139. The van der Waals surface area contributed by atoms with Crippen LogP contribution in [0.1, 0.15) is 19.9 Å². The van der Waals surface area contributed by atoms with Crippen LogP contribution in [0.2, 0.25) is 0 Å². The molecule has 3 N–H and O–H groups in total. The van der Waals surface area contributed by atoms with Crippen molar-refractivity contribution in [3.8, 4) is 34.3 Å². The lowest BCUT2D eigenvalue weighted by molar-refractivity contribution is 0.370. The molecule has 0 saturated heterocycles. The van der Waals surface area contributed by atoms with Gasteiger partial charge in [-0.05, 0) is 32.0 Å². The highest BCUT2D eigenvalue weighted by molar-refractivity contribution is 5.86. The number of phenols is 2. The fourth-order valence-corrected chi connectivity index (χ4v) is 3.38. The third-order valence-electron chi connectivity index (χ3n) is 4.80. The monoisotopic (exact) mass is 394 g/mol. The van der Waals surface area contributed by atoms with E-state index in [0.717, 1.165) is 16.7 Å². The Bertz CT molecular complexity index is 1190. The molecule has 0 amide bonds. The average Bonchev–Trinajstić information content (AvgIpc) is 3.32. The summed E-state index contributed by atoms with van der Waals surface area (Å²) in [5.41, 5.74) is 2.89. The van der Waals surface area contributed by atoms with Crippen LogP contribution in [0.4, 0.5) is 5.95 Å². The predicted octanol–water partition coefficient (Wildman–Crippen LogP) is 3.33. The molecule has 9 nitrogen and oxygen atoms in total. The minimum Gasteiger partial charge on any atom is -0.507 e. The number of rotatable bonds is 5. The number of hydrogen-bond acceptors (Lipinski definition) is 7. The Morgan fingerprint density at radius 1 is 1.10 bits per heavy atom. The number of nitrogens with zero attached hydrogens (tertiary/aromatic N) is 5. The second kappa shape index (κ2) is 7.01. The maximum atomic E-state index is 10.5. The SMILES string of the molecule is CNc1nnc(-c2cc(OC)c(O)cc2O)n1-c1cccc2c1ncn2C(C)C. The first-order chi connectivity index (χ1) is 14.0. The lowest BCUT2D eigenvalue weighted by Gasteiger charge is -2.14. The van der Waals surface area contributed by atoms with Crippen LogP contribution in [0.15, 0.2) is 36.7 Å². The number of aromatic nitrogens is 5. The summed E-state index contributed by atoms with van der Waals surface area (Å²) in [4.78, 5) is 4.61. The molecular weight excluding hydrogens is 372 g/mol. The number of ether oxygens (including phenoxy) is 1. The zero-order valence-corrected chi connectivity index (χ0v) is 16.6. The Balaban J connectivity index is 2.00. The molecular formula is C20H22N6O3. The van der Waals surface area contributed by atoms with Gasteiger partial charge in [0.2, 0.25) is 5.95 Å². The largest absolute Gasteiger partial charge is 0.507 e. The summed E-state index contributed by atoms with van der Waals surface area (Å²) in [7, 11) is 3.19. The van der Waals surface area contributed by atoms with Crippen LogP contribution in [-0.2, 0) is 0 Å². The van der Waals surface area contributed by atoms with Crippen molar-refractivity contribution in [1.29, 1.82) is 0 Å². The number of aromatic hydroxyl groups is 2. The Kier molecular flexibility index (Phi) is 4.50. The normalized spacial score (nSPS) is 11.3. The first kappa shape index (κ1) is 18.6. The lowest BCUT2D eigenvalue weighted by atomic mass is 10.1. The van der Waals surface area contributed by atoms with Gasteiger partial charge < -0.3 is 24.8 Å². The number of benzene rings is 2. The van der Waals surface area contributed by atoms with E-state index >= 15 is 0 Å². The van der Waals surface area contributed by atoms with Gasteiger partial charge in [0.25, 0.3) is 0 Å². The Hall–Kier alpha value is -3.75. The van der Waals surface area contributed by atoms with Gasteiger partial charge in [-0.2, -0.15) is 0 Å². The fraction of sp³-hybridized carbons (Fsp3) is 0.250. The highest BCUT2D eigenvalue weighted by Crippen LogP contribution is 2.40. The molecule has 2 aromatic carbocycles. The first-order valence-electron chi connectivity index (χ1n) is 9.15. The van der Waals surface area contributed by atoms with E-state index in [0.29, 0.717) is 17.3 Å². The number of nitrogens with one attached hydrogen (secondary N) is 1. The number of fused-ring (bicyclic) bond motifs is 1. The second-order valence-corrected chi connectivity index (χ2v) is 6.86.